The zero-order valence-electron chi connectivity index (χ0n) is 16.7. The molecule has 1 aromatic carbocycles. The minimum Gasteiger partial charge on any atom is -0.295 e. The van der Waals surface area contributed by atoms with Crippen LogP contribution >= 0.6 is 0 Å². The number of carbonyl (C=O) groups excluding carboxylic acids is 2. The van der Waals surface area contributed by atoms with E-state index in [0.717, 1.165) is 29.6 Å². The van der Waals surface area contributed by atoms with Gasteiger partial charge in [-0.05, 0) is 36.2 Å². The average molecular weight is 351 g/mol. The molecule has 26 heavy (non-hydrogen) atoms. The number of hydrogen-bond donors (Lipinski definition) is 0. The largest absolute Gasteiger partial charge is 0.295 e. The summed E-state index contributed by atoms with van der Waals surface area (Å²) in [6.45, 7) is 10.6. The van der Waals surface area contributed by atoms with Crippen molar-refractivity contribution >= 4 is 11.6 Å². The fourth-order valence-electron chi connectivity index (χ4n) is 4.06. The molecule has 1 aromatic rings. The van der Waals surface area contributed by atoms with Crippen molar-refractivity contribution < 1.29 is 9.59 Å². The summed E-state index contributed by atoms with van der Waals surface area (Å²) in [5.74, 6) is 0.151. The molecular weight excluding hydrogens is 320 g/mol. The van der Waals surface area contributed by atoms with Crippen LogP contribution in [0.15, 0.2) is 47.6 Å². The lowest BCUT2D eigenvalue weighted by atomic mass is 9.68. The fraction of sp³-hybridized carbons (Fsp3) is 0.500. The van der Waals surface area contributed by atoms with E-state index in [9.17, 15) is 9.59 Å². The molecular formula is C24H30O2. The molecule has 0 N–H and O–H groups in total. The van der Waals surface area contributed by atoms with Crippen molar-refractivity contribution in [1.82, 2.24) is 0 Å². The number of ketones is 2. The van der Waals surface area contributed by atoms with Crippen molar-refractivity contribution in [3.05, 3.63) is 58.7 Å². The van der Waals surface area contributed by atoms with Crippen LogP contribution in [0.5, 0.6) is 0 Å². The summed E-state index contributed by atoms with van der Waals surface area (Å²) in [6, 6.07) is 8.28. The molecule has 0 unspecified atom stereocenters. The zero-order chi connectivity index (χ0) is 19.1. The number of aryl methyl sites for hydroxylation is 1. The first kappa shape index (κ1) is 18.8. The number of hydrogen-bond acceptors (Lipinski definition) is 2. The predicted molar refractivity (Wildman–Crippen MR) is 106 cm³/mol. The Labute approximate surface area is 157 Å². The molecule has 0 heterocycles. The van der Waals surface area contributed by atoms with Gasteiger partial charge in [-0.15, -0.1) is 0 Å². The summed E-state index contributed by atoms with van der Waals surface area (Å²) in [5, 5.41) is 0. The van der Waals surface area contributed by atoms with E-state index in [1.807, 2.05) is 0 Å². The molecule has 3 rings (SSSR count). The van der Waals surface area contributed by atoms with E-state index < -0.39 is 0 Å². The van der Waals surface area contributed by atoms with Gasteiger partial charge in [-0.3, -0.25) is 9.59 Å². The molecule has 0 radical (unpaired) electrons. The Kier molecular flexibility index (Phi) is 4.81. The molecule has 0 fully saturated rings. The van der Waals surface area contributed by atoms with Crippen LogP contribution in [0.4, 0.5) is 0 Å². The van der Waals surface area contributed by atoms with Gasteiger partial charge in [0.2, 0.25) is 0 Å². The lowest BCUT2D eigenvalue weighted by Gasteiger charge is -2.34. The second-order valence-electron chi connectivity index (χ2n) is 9.60. The van der Waals surface area contributed by atoms with Gasteiger partial charge in [-0.2, -0.15) is 0 Å². The van der Waals surface area contributed by atoms with E-state index in [1.165, 1.54) is 5.56 Å². The van der Waals surface area contributed by atoms with Crippen LogP contribution in [0.1, 0.15) is 70.4 Å². The zero-order valence-corrected chi connectivity index (χ0v) is 16.7. The Morgan fingerprint density at radius 2 is 1.19 bits per heavy atom. The van der Waals surface area contributed by atoms with E-state index in [2.05, 4.69) is 71.0 Å². The van der Waals surface area contributed by atoms with Crippen LogP contribution in [-0.2, 0) is 9.59 Å². The molecule has 0 atom stereocenters. The number of allylic oxidation sites excluding steroid dienone is 4. The number of rotatable bonds is 3. The van der Waals surface area contributed by atoms with Gasteiger partial charge in [0, 0.05) is 29.9 Å². The maximum atomic E-state index is 13.0. The van der Waals surface area contributed by atoms with Crippen molar-refractivity contribution in [2.24, 2.45) is 10.8 Å². The van der Waals surface area contributed by atoms with Gasteiger partial charge in [0.05, 0.1) is 0 Å². The van der Waals surface area contributed by atoms with Crippen LogP contribution in [0.3, 0.4) is 0 Å². The summed E-state index contributed by atoms with van der Waals surface area (Å²) >= 11 is 0. The smallest absolute Gasteiger partial charge is 0.160 e. The lowest BCUT2D eigenvalue weighted by molar-refractivity contribution is -0.118. The minimum atomic E-state index is -0.220. The Hall–Kier alpha value is -1.96. The summed E-state index contributed by atoms with van der Waals surface area (Å²) in [5.41, 5.74) is 3.87. The maximum Gasteiger partial charge on any atom is 0.160 e. The van der Waals surface area contributed by atoms with Crippen LogP contribution in [0.2, 0.25) is 0 Å². The lowest BCUT2D eigenvalue weighted by Crippen LogP contribution is -2.30. The Morgan fingerprint density at radius 3 is 1.58 bits per heavy atom. The normalized spacial score (nSPS) is 22.2. The Bertz CT molecular complexity index is 742. The molecule has 0 aromatic heterocycles. The summed E-state index contributed by atoms with van der Waals surface area (Å²) in [4.78, 5) is 25.9. The number of Topliss-reactive ketones (excluding diaryl/α,β-unsaturated/α-hetero) is 2. The van der Waals surface area contributed by atoms with Gasteiger partial charge in [-0.25, -0.2) is 0 Å². The van der Waals surface area contributed by atoms with Crippen LogP contribution in [0.25, 0.3) is 0 Å². The molecule has 2 aliphatic rings. The SMILES string of the molecule is Cc1ccc(C(C2=CCC(C)(C)CC2=O)C2=CCC(C)(C)CC2=O)cc1. The molecule has 0 amide bonds. The highest BCUT2D eigenvalue weighted by molar-refractivity contribution is 6.04. The highest BCUT2D eigenvalue weighted by Gasteiger charge is 2.38. The number of carbonyl (C=O) groups is 2. The van der Waals surface area contributed by atoms with Gasteiger partial charge in [0.15, 0.2) is 11.6 Å². The van der Waals surface area contributed by atoms with Gasteiger partial charge in [0.1, 0.15) is 0 Å². The molecule has 2 heteroatoms. The third-order valence-corrected chi connectivity index (χ3v) is 5.70. The van der Waals surface area contributed by atoms with Crippen molar-refractivity contribution in [2.75, 3.05) is 0 Å². The van der Waals surface area contributed by atoms with Crippen molar-refractivity contribution in [1.29, 1.82) is 0 Å². The van der Waals surface area contributed by atoms with E-state index in [0.29, 0.717) is 12.8 Å². The van der Waals surface area contributed by atoms with Crippen LogP contribution in [-0.4, -0.2) is 11.6 Å². The predicted octanol–water partition coefficient (Wildman–Crippen LogP) is 5.71. The number of benzene rings is 1. The maximum absolute atomic E-state index is 13.0. The van der Waals surface area contributed by atoms with Crippen LogP contribution in [0, 0.1) is 17.8 Å². The highest BCUT2D eigenvalue weighted by Crippen LogP contribution is 2.44. The highest BCUT2D eigenvalue weighted by atomic mass is 16.1. The Balaban J connectivity index is 2.08. The minimum absolute atomic E-state index is 0.00531. The topological polar surface area (TPSA) is 34.1 Å². The van der Waals surface area contributed by atoms with E-state index in [4.69, 9.17) is 0 Å². The molecule has 2 nitrogen and oxygen atoms in total. The molecule has 138 valence electrons. The molecule has 0 saturated heterocycles. The van der Waals surface area contributed by atoms with E-state index in [1.54, 1.807) is 0 Å². The molecule has 0 saturated carbocycles. The van der Waals surface area contributed by atoms with Gasteiger partial charge in [0.25, 0.3) is 0 Å². The van der Waals surface area contributed by atoms with E-state index in [-0.39, 0.29) is 28.3 Å². The quantitative estimate of drug-likeness (QED) is 0.700. The second kappa shape index (κ2) is 6.64. The fourth-order valence-corrected chi connectivity index (χ4v) is 4.06. The summed E-state index contributed by atoms with van der Waals surface area (Å²) < 4.78 is 0. The molecule has 0 aliphatic heterocycles. The van der Waals surface area contributed by atoms with Crippen molar-refractivity contribution in [2.45, 2.75) is 66.2 Å². The third-order valence-electron chi connectivity index (χ3n) is 5.70. The molecule has 0 bridgehead atoms. The monoisotopic (exact) mass is 350 g/mol. The van der Waals surface area contributed by atoms with Gasteiger partial charge >= 0.3 is 0 Å². The average Bonchev–Trinajstić information content (AvgIpc) is 2.51. The first-order valence-electron chi connectivity index (χ1n) is 9.61. The molecule has 2 aliphatic carbocycles. The summed E-state index contributed by atoms with van der Waals surface area (Å²) in [7, 11) is 0. The second-order valence-corrected chi connectivity index (χ2v) is 9.60. The van der Waals surface area contributed by atoms with E-state index >= 15 is 0 Å². The third kappa shape index (κ3) is 3.90. The Morgan fingerprint density at radius 1 is 0.769 bits per heavy atom. The van der Waals surface area contributed by atoms with Gasteiger partial charge in [-0.1, -0.05) is 69.7 Å². The van der Waals surface area contributed by atoms with Crippen LogP contribution < -0.4 is 0 Å². The van der Waals surface area contributed by atoms with Gasteiger partial charge < -0.3 is 0 Å². The summed E-state index contributed by atoms with van der Waals surface area (Å²) in [6.07, 6.45) is 7.03. The standard InChI is InChI=1S/C24H30O2/c1-16-6-8-17(9-7-16)22(18-10-12-23(2,3)14-20(18)25)19-11-13-24(4,5)15-21(19)26/h6-11,22H,12-15H2,1-5H3. The first-order valence-corrected chi connectivity index (χ1v) is 9.61. The van der Waals surface area contributed by atoms with Crippen molar-refractivity contribution in [3.63, 3.8) is 0 Å². The van der Waals surface area contributed by atoms with Crippen molar-refractivity contribution in [3.8, 4) is 0 Å². The molecule has 0 spiro atoms. The first-order chi connectivity index (χ1) is 12.1.